The normalized spacial score (nSPS) is 10.5. The van der Waals surface area contributed by atoms with Gasteiger partial charge in [0.2, 0.25) is 0 Å². The second kappa shape index (κ2) is 20.2. The smallest absolute Gasteiger partial charge is 0.119 e. The standard InChI is InChI=1S/C19H33NO4.C2H6/c1-18(2)17-20-9-12-22-14-16-23-15-13-21-10-6-11-24-19-7-4-3-5-8-19;1-2/h3-5,7-8,18,20H,6,9-17H2,1-2H3;1-2H3. The summed E-state index contributed by atoms with van der Waals surface area (Å²) in [6, 6.07) is 9.82. The molecule has 0 radical (unpaired) electrons. The fraction of sp³-hybridized carbons (Fsp3) is 0.714. The van der Waals surface area contributed by atoms with Gasteiger partial charge in [0, 0.05) is 19.6 Å². The van der Waals surface area contributed by atoms with Crippen LogP contribution in [0, 0.1) is 5.92 Å². The predicted octanol–water partition coefficient (Wildman–Crippen LogP) is 3.78. The van der Waals surface area contributed by atoms with Crippen LogP contribution in [0.1, 0.15) is 34.1 Å². The van der Waals surface area contributed by atoms with Crippen LogP contribution in [0.2, 0.25) is 0 Å². The summed E-state index contributed by atoms with van der Waals surface area (Å²) in [5, 5.41) is 3.33. The Hall–Kier alpha value is -1.14. The van der Waals surface area contributed by atoms with Gasteiger partial charge in [-0.25, -0.2) is 0 Å². The van der Waals surface area contributed by atoms with Crippen molar-refractivity contribution < 1.29 is 18.9 Å². The molecule has 1 aromatic rings. The quantitative estimate of drug-likeness (QED) is 0.449. The maximum absolute atomic E-state index is 5.59. The lowest BCUT2D eigenvalue weighted by atomic mass is 10.2. The average Bonchev–Trinajstić information content (AvgIpc) is 2.67. The Bertz CT molecular complexity index is 374. The van der Waals surface area contributed by atoms with Gasteiger partial charge in [0.05, 0.1) is 39.6 Å². The minimum Gasteiger partial charge on any atom is -0.494 e. The Morgan fingerprint density at radius 1 is 0.769 bits per heavy atom. The van der Waals surface area contributed by atoms with Gasteiger partial charge in [-0.05, 0) is 24.6 Å². The molecule has 0 aliphatic rings. The molecule has 1 N–H and O–H groups in total. The molecule has 0 saturated carbocycles. The summed E-state index contributed by atoms with van der Waals surface area (Å²) in [5.41, 5.74) is 0. The van der Waals surface area contributed by atoms with Crippen molar-refractivity contribution >= 4 is 0 Å². The molecule has 1 aromatic carbocycles. The highest BCUT2D eigenvalue weighted by molar-refractivity contribution is 5.20. The van der Waals surface area contributed by atoms with Crippen LogP contribution < -0.4 is 10.1 Å². The maximum atomic E-state index is 5.59. The summed E-state index contributed by atoms with van der Waals surface area (Å²) in [7, 11) is 0. The van der Waals surface area contributed by atoms with Gasteiger partial charge in [0.15, 0.2) is 0 Å². The van der Waals surface area contributed by atoms with Crippen molar-refractivity contribution in [2.45, 2.75) is 34.1 Å². The molecule has 0 fully saturated rings. The largest absolute Gasteiger partial charge is 0.494 e. The summed E-state index contributed by atoms with van der Waals surface area (Å²) >= 11 is 0. The molecule has 0 saturated heterocycles. The van der Waals surface area contributed by atoms with E-state index in [1.807, 2.05) is 44.2 Å². The van der Waals surface area contributed by atoms with Gasteiger partial charge in [-0.1, -0.05) is 45.9 Å². The first-order valence-corrected chi connectivity index (χ1v) is 9.91. The SMILES string of the molecule is CC.CC(C)CNCCOCCOCCOCCCOc1ccccc1. The van der Waals surface area contributed by atoms with Gasteiger partial charge in [-0.2, -0.15) is 0 Å². The monoisotopic (exact) mass is 369 g/mol. The van der Waals surface area contributed by atoms with E-state index < -0.39 is 0 Å². The molecule has 152 valence electrons. The van der Waals surface area contributed by atoms with E-state index in [-0.39, 0.29) is 0 Å². The van der Waals surface area contributed by atoms with Gasteiger partial charge in [-0.3, -0.25) is 0 Å². The summed E-state index contributed by atoms with van der Waals surface area (Å²) in [6.07, 6.45) is 0.876. The van der Waals surface area contributed by atoms with E-state index in [9.17, 15) is 0 Å². The molecule has 0 bridgehead atoms. The summed E-state index contributed by atoms with van der Waals surface area (Å²) in [4.78, 5) is 0. The Kier molecular flexibility index (Phi) is 19.3. The molecule has 0 heterocycles. The first kappa shape index (κ1) is 24.9. The van der Waals surface area contributed by atoms with E-state index >= 15 is 0 Å². The highest BCUT2D eigenvalue weighted by atomic mass is 16.5. The minimum absolute atomic E-state index is 0.606. The third-order valence-electron chi connectivity index (χ3n) is 3.16. The molecule has 0 unspecified atom stereocenters. The third kappa shape index (κ3) is 17.7. The Morgan fingerprint density at radius 2 is 1.35 bits per heavy atom. The topological polar surface area (TPSA) is 49.0 Å². The van der Waals surface area contributed by atoms with Crippen LogP contribution >= 0.6 is 0 Å². The fourth-order valence-electron chi connectivity index (χ4n) is 1.94. The average molecular weight is 370 g/mol. The van der Waals surface area contributed by atoms with Crippen molar-refractivity contribution in [2.75, 3.05) is 59.3 Å². The maximum Gasteiger partial charge on any atom is 0.119 e. The molecule has 1 rings (SSSR count). The second-order valence-corrected chi connectivity index (χ2v) is 5.95. The zero-order valence-corrected chi connectivity index (χ0v) is 17.2. The van der Waals surface area contributed by atoms with E-state index in [4.69, 9.17) is 18.9 Å². The molecule has 5 heteroatoms. The van der Waals surface area contributed by atoms with Crippen LogP contribution in [0.5, 0.6) is 5.75 Å². The van der Waals surface area contributed by atoms with E-state index in [1.165, 1.54) is 0 Å². The number of hydrogen-bond acceptors (Lipinski definition) is 5. The van der Waals surface area contributed by atoms with Crippen LogP contribution in [-0.2, 0) is 14.2 Å². The van der Waals surface area contributed by atoms with Crippen LogP contribution in [0.25, 0.3) is 0 Å². The third-order valence-corrected chi connectivity index (χ3v) is 3.16. The predicted molar refractivity (Wildman–Crippen MR) is 108 cm³/mol. The molecule has 0 atom stereocenters. The Balaban J connectivity index is 0.00000301. The van der Waals surface area contributed by atoms with Crippen molar-refractivity contribution in [3.8, 4) is 5.75 Å². The van der Waals surface area contributed by atoms with Gasteiger partial charge in [0.1, 0.15) is 5.75 Å². The first-order chi connectivity index (χ1) is 12.8. The van der Waals surface area contributed by atoms with Crippen molar-refractivity contribution in [2.24, 2.45) is 5.92 Å². The van der Waals surface area contributed by atoms with Gasteiger partial charge in [-0.15, -0.1) is 0 Å². The summed E-state index contributed by atoms with van der Waals surface area (Å²) in [6.45, 7) is 14.9. The van der Waals surface area contributed by atoms with E-state index in [0.29, 0.717) is 45.6 Å². The molecule has 5 nitrogen and oxygen atoms in total. The highest BCUT2D eigenvalue weighted by Crippen LogP contribution is 2.08. The zero-order chi connectivity index (χ0) is 19.3. The molecule has 26 heavy (non-hydrogen) atoms. The number of nitrogens with one attached hydrogen (secondary N) is 1. The molecule has 0 amide bonds. The number of rotatable bonds is 16. The number of hydrogen-bond donors (Lipinski definition) is 1. The van der Waals surface area contributed by atoms with Crippen LogP contribution in [0.3, 0.4) is 0 Å². The van der Waals surface area contributed by atoms with Gasteiger partial charge < -0.3 is 24.3 Å². The molecule has 0 aromatic heterocycles. The van der Waals surface area contributed by atoms with Crippen LogP contribution in [0.15, 0.2) is 30.3 Å². The van der Waals surface area contributed by atoms with Crippen molar-refractivity contribution in [3.05, 3.63) is 30.3 Å². The molecule has 0 aliphatic carbocycles. The second-order valence-electron chi connectivity index (χ2n) is 5.95. The molecule has 0 aliphatic heterocycles. The van der Waals surface area contributed by atoms with Crippen molar-refractivity contribution in [1.29, 1.82) is 0 Å². The van der Waals surface area contributed by atoms with Gasteiger partial charge in [0.25, 0.3) is 0 Å². The number of ether oxygens (including phenoxy) is 4. The van der Waals surface area contributed by atoms with Crippen LogP contribution in [-0.4, -0.2) is 59.3 Å². The molecular formula is C21H39NO4. The first-order valence-electron chi connectivity index (χ1n) is 9.91. The number of benzene rings is 1. The highest BCUT2D eigenvalue weighted by Gasteiger charge is 1.95. The molecular weight excluding hydrogens is 330 g/mol. The summed E-state index contributed by atoms with van der Waals surface area (Å²) in [5.74, 6) is 1.58. The summed E-state index contributed by atoms with van der Waals surface area (Å²) < 4.78 is 22.0. The molecule has 0 spiro atoms. The Morgan fingerprint density at radius 3 is 1.96 bits per heavy atom. The lowest BCUT2D eigenvalue weighted by Gasteiger charge is -2.09. The lowest BCUT2D eigenvalue weighted by Crippen LogP contribution is -2.24. The van der Waals surface area contributed by atoms with E-state index in [2.05, 4.69) is 19.2 Å². The zero-order valence-electron chi connectivity index (χ0n) is 17.2. The minimum atomic E-state index is 0.606. The Labute approximate surface area is 160 Å². The van der Waals surface area contributed by atoms with Crippen molar-refractivity contribution in [3.63, 3.8) is 0 Å². The number of para-hydroxylation sites is 1. The van der Waals surface area contributed by atoms with Crippen LogP contribution in [0.4, 0.5) is 0 Å². The lowest BCUT2D eigenvalue weighted by molar-refractivity contribution is 0.0133. The van der Waals surface area contributed by atoms with E-state index in [1.54, 1.807) is 0 Å². The fourth-order valence-corrected chi connectivity index (χ4v) is 1.94. The van der Waals surface area contributed by atoms with Gasteiger partial charge >= 0.3 is 0 Å². The van der Waals surface area contributed by atoms with Crippen molar-refractivity contribution in [1.82, 2.24) is 5.32 Å². The van der Waals surface area contributed by atoms with E-state index in [0.717, 1.165) is 31.9 Å².